The van der Waals surface area contributed by atoms with Gasteiger partial charge in [-0.05, 0) is 123 Å². The molecule has 0 spiro atoms. The third-order valence-electron chi connectivity index (χ3n) is 21.0. The van der Waals surface area contributed by atoms with Gasteiger partial charge < -0.3 is 49.6 Å². The van der Waals surface area contributed by atoms with Gasteiger partial charge in [0.15, 0.2) is 34.7 Å². The van der Waals surface area contributed by atoms with Crippen molar-refractivity contribution in [1.29, 1.82) is 0 Å². The summed E-state index contributed by atoms with van der Waals surface area (Å²) in [5.74, 6) is -3.99. The molecule has 12 aromatic carbocycles. The van der Waals surface area contributed by atoms with Crippen LogP contribution in [0.3, 0.4) is 0 Å². The van der Waals surface area contributed by atoms with Gasteiger partial charge in [0, 0.05) is 90.8 Å². The maximum absolute atomic E-state index is 12.8. The van der Waals surface area contributed by atoms with Crippen LogP contribution < -0.4 is 0 Å². The molecule has 6 N–H and O–H groups in total. The number of carbonyl (C=O) groups is 12. The number of ketones is 6. The number of benzene rings is 12. The fourth-order valence-electron chi connectivity index (χ4n) is 12.9. The van der Waals surface area contributed by atoms with Crippen molar-refractivity contribution in [2.75, 3.05) is 52.9 Å². The summed E-state index contributed by atoms with van der Waals surface area (Å²) >= 11 is 0. The van der Waals surface area contributed by atoms with Crippen molar-refractivity contribution in [3.8, 4) is 0 Å². The molecule has 0 fully saturated rings. The minimum atomic E-state index is -0.997. The maximum Gasteiger partial charge on any atom is 0.338 e. The number of carbonyl (C=O) groups excluding carboxylic acids is 10. The summed E-state index contributed by atoms with van der Waals surface area (Å²) in [6.07, 6.45) is 6.22. The number of aliphatic hydroxyl groups is 4. The average Bonchev–Trinajstić information content (AvgIpc) is 0.667. The van der Waals surface area contributed by atoms with Crippen molar-refractivity contribution in [2.45, 2.75) is 92.9 Å². The fraction of sp³-hybridized carbons (Fsp3) is 0.236. The second-order valence-corrected chi connectivity index (χ2v) is 31.9. The van der Waals surface area contributed by atoms with Crippen LogP contribution in [0.5, 0.6) is 0 Å². The number of ether oxygens (including phenoxy) is 4. The minimum absolute atomic E-state index is 0.0577. The number of carboxylic acid groups (broad SMARTS) is 2. The van der Waals surface area contributed by atoms with Crippen molar-refractivity contribution in [3.05, 3.63) is 428 Å². The molecule has 0 atom stereocenters. The Morgan fingerprint density at radius 2 is 0.417 bits per heavy atom. The summed E-state index contributed by atoms with van der Waals surface area (Å²) in [6, 6.07) is 90.9. The largest absolute Gasteiger partial charge is 0.478 e. The number of hydrogen-bond acceptors (Lipinski definition) is 20. The molecule has 12 rings (SSSR count). The number of carboxylic acids is 2. The van der Waals surface area contributed by atoms with Crippen LogP contribution in [0.25, 0.3) is 0 Å². The Hall–Kier alpha value is -14.7. The summed E-state index contributed by atoms with van der Waals surface area (Å²) in [5, 5.41) is 51.8. The summed E-state index contributed by atoms with van der Waals surface area (Å²) in [5.41, 5.74) is 7.37. The van der Waals surface area contributed by atoms with E-state index in [2.05, 4.69) is 0 Å². The molecule has 0 amide bonds. The molecule has 0 aliphatic heterocycles. The van der Waals surface area contributed by atoms with Gasteiger partial charge in [-0.1, -0.05) is 309 Å². The Kier molecular flexibility index (Phi) is 43.7. The Labute approximate surface area is 769 Å². The lowest BCUT2D eigenvalue weighted by molar-refractivity contribution is -0.00256. The molecule has 0 aliphatic rings. The molecule has 0 saturated carbocycles. The van der Waals surface area contributed by atoms with Gasteiger partial charge in [-0.3, -0.25) is 28.8 Å². The molecule has 0 saturated heterocycles. The minimum Gasteiger partial charge on any atom is -0.478 e. The molecule has 0 heterocycles. The van der Waals surface area contributed by atoms with Gasteiger partial charge in [0.25, 0.3) is 0 Å². The standard InChI is InChI=1S/C35H32O6.C34H30O6.2C14H10O3.C7H16O2.C6H14O2/c1-3-22-35(2,23-40-33(38)29-18-14-27(15-19-29)31(36)25-10-6-4-7-11-25)24-41-34(39)30-20-16-28(17-21-30)32(37)26-12-8-5-9-13-26;1-24(20-22-39-33(37)29-16-12-27(13-17-29)31(35)25-8-4-2-5-9-25)21-23-40-34(38)30-18-14-28(15-19-30)32(36)26-10-6-3-7-11-26;2*15-13(10-4-2-1-3-5-10)11-6-8-12(9-7-11)14(16)17;1-3-4-7(2,5-8)6-9;1-6(2-4-7)3-5-8/h4-21H,3,22-24H2,1-2H3;2-19,24H,20-23H2,1H3;2*1-9H,(H,16,17);8-9H,3-6H2,1-2H3;6-8H,2-5H2,1H3. The normalized spacial score (nSPS) is 10.6. The zero-order valence-corrected chi connectivity index (χ0v) is 74.9. The van der Waals surface area contributed by atoms with Gasteiger partial charge in [0.1, 0.15) is 13.2 Å². The lowest BCUT2D eigenvalue weighted by atomic mass is 9.87. The Morgan fingerprint density at radius 1 is 0.242 bits per heavy atom. The first-order valence-corrected chi connectivity index (χ1v) is 43.3. The first kappa shape index (κ1) is 104. The second kappa shape index (κ2) is 55.3. The molecule has 132 heavy (non-hydrogen) atoms. The molecule has 0 aliphatic carbocycles. The van der Waals surface area contributed by atoms with Crippen LogP contribution in [-0.2, 0) is 18.9 Å². The van der Waals surface area contributed by atoms with Crippen LogP contribution in [0.2, 0.25) is 0 Å². The molecule has 684 valence electrons. The van der Waals surface area contributed by atoms with E-state index in [-0.39, 0.29) is 110 Å². The Balaban J connectivity index is 0.000000239. The number of aliphatic hydroxyl groups excluding tert-OH is 4. The highest BCUT2D eigenvalue weighted by Gasteiger charge is 2.29. The van der Waals surface area contributed by atoms with Crippen molar-refractivity contribution in [3.63, 3.8) is 0 Å². The first-order valence-electron chi connectivity index (χ1n) is 43.3. The van der Waals surface area contributed by atoms with Crippen LogP contribution in [-0.4, -0.2) is 154 Å². The highest BCUT2D eigenvalue weighted by atomic mass is 16.6. The molecule has 0 bridgehead atoms. The molecule has 0 radical (unpaired) electrons. The van der Waals surface area contributed by atoms with Crippen LogP contribution in [0.15, 0.2) is 328 Å². The Bertz CT molecular complexity index is 5300. The van der Waals surface area contributed by atoms with Gasteiger partial charge in [-0.2, -0.15) is 0 Å². The third-order valence-corrected chi connectivity index (χ3v) is 21.0. The second-order valence-electron chi connectivity index (χ2n) is 31.9. The molecule has 12 aromatic rings. The number of esters is 4. The van der Waals surface area contributed by atoms with E-state index in [1.54, 1.807) is 243 Å². The van der Waals surface area contributed by atoms with Crippen LogP contribution in [0, 0.1) is 22.7 Å². The zero-order valence-electron chi connectivity index (χ0n) is 74.9. The smallest absolute Gasteiger partial charge is 0.338 e. The maximum atomic E-state index is 12.8. The van der Waals surface area contributed by atoms with Gasteiger partial charge in [0.05, 0.1) is 59.8 Å². The van der Waals surface area contributed by atoms with Crippen molar-refractivity contribution < 1.29 is 107 Å². The van der Waals surface area contributed by atoms with Crippen molar-refractivity contribution in [1.82, 2.24) is 0 Å². The van der Waals surface area contributed by atoms with Crippen molar-refractivity contribution >= 4 is 70.5 Å². The van der Waals surface area contributed by atoms with E-state index in [4.69, 9.17) is 49.6 Å². The third kappa shape index (κ3) is 34.4. The lowest BCUT2D eigenvalue weighted by Gasteiger charge is -2.28. The zero-order chi connectivity index (χ0) is 95.8. The molecule has 0 unspecified atom stereocenters. The monoisotopic (exact) mass is 1780 g/mol. The van der Waals surface area contributed by atoms with E-state index in [1.165, 1.54) is 48.5 Å². The number of hydrogen-bond donors (Lipinski definition) is 6. The number of rotatable bonds is 38. The summed E-state index contributed by atoms with van der Waals surface area (Å²) < 4.78 is 22.0. The first-order chi connectivity index (χ1) is 63.6. The van der Waals surface area contributed by atoms with Gasteiger partial charge in [-0.15, -0.1) is 0 Å². The van der Waals surface area contributed by atoms with Crippen molar-refractivity contribution in [2.24, 2.45) is 22.7 Å². The van der Waals surface area contributed by atoms with Crippen LogP contribution in [0.1, 0.15) is 251 Å². The van der Waals surface area contributed by atoms with E-state index in [0.29, 0.717) is 114 Å². The highest BCUT2D eigenvalue weighted by Crippen LogP contribution is 2.28. The van der Waals surface area contributed by atoms with Gasteiger partial charge in [0.2, 0.25) is 0 Å². The fourth-order valence-corrected chi connectivity index (χ4v) is 12.9. The summed E-state index contributed by atoms with van der Waals surface area (Å²) in [4.78, 5) is 146. The lowest BCUT2D eigenvalue weighted by Crippen LogP contribution is -2.31. The molecule has 0 aromatic heterocycles. The summed E-state index contributed by atoms with van der Waals surface area (Å²) in [7, 11) is 0. The predicted octanol–water partition coefficient (Wildman–Crippen LogP) is 19.9. The molecule has 22 nitrogen and oxygen atoms in total. The van der Waals surface area contributed by atoms with E-state index in [1.807, 2.05) is 77.9 Å². The van der Waals surface area contributed by atoms with Gasteiger partial charge in [-0.25, -0.2) is 28.8 Å². The SMILES string of the molecule is CC(CCO)CCO.CC(CCOC(=O)c1ccc(C(=O)c2ccccc2)cc1)CCOC(=O)c1ccc(C(=O)c2ccccc2)cc1.CCCC(C)(CO)CO.CCCC(C)(COC(=O)c1ccc(C(=O)c2ccccc2)cc1)COC(=O)c1ccc(C(=O)c2ccccc2)cc1.O=C(O)c1ccc(C(=O)c2ccccc2)cc1.O=C(O)c1ccc(C(=O)c2ccccc2)cc1. The van der Waals surface area contributed by atoms with E-state index in [0.717, 1.165) is 32.1 Å². The predicted molar refractivity (Wildman–Crippen MR) is 504 cm³/mol. The van der Waals surface area contributed by atoms with E-state index >= 15 is 0 Å². The van der Waals surface area contributed by atoms with Gasteiger partial charge >= 0.3 is 35.8 Å². The average molecular weight is 1790 g/mol. The van der Waals surface area contributed by atoms with Crippen LogP contribution >= 0.6 is 0 Å². The molecular weight excluding hydrogens is 1670 g/mol. The van der Waals surface area contributed by atoms with E-state index < -0.39 is 41.2 Å². The topological polar surface area (TPSA) is 363 Å². The molecular formula is C110H112O22. The highest BCUT2D eigenvalue weighted by molar-refractivity contribution is 6.13. The Morgan fingerprint density at radius 3 is 0.598 bits per heavy atom. The quantitative estimate of drug-likeness (QED) is 0.0119. The van der Waals surface area contributed by atoms with E-state index in [9.17, 15) is 57.5 Å². The van der Waals surface area contributed by atoms with Crippen LogP contribution in [0.4, 0.5) is 0 Å². The number of aromatic carboxylic acids is 2. The summed E-state index contributed by atoms with van der Waals surface area (Å²) in [6.45, 7) is 13.1. The molecule has 22 heteroatoms.